The van der Waals surface area contributed by atoms with E-state index in [2.05, 4.69) is 9.97 Å². The maximum absolute atomic E-state index is 12.9. The first kappa shape index (κ1) is 18.1. The van der Waals surface area contributed by atoms with Gasteiger partial charge >= 0.3 is 0 Å². The van der Waals surface area contributed by atoms with Crippen LogP contribution in [-0.4, -0.2) is 57.8 Å². The number of imidazole rings is 1. The van der Waals surface area contributed by atoms with Gasteiger partial charge < -0.3 is 14.8 Å². The summed E-state index contributed by atoms with van der Waals surface area (Å²) in [5, 5.41) is 0. The lowest BCUT2D eigenvalue weighted by molar-refractivity contribution is -0.131. The highest BCUT2D eigenvalue weighted by atomic mass is 19.1. The molecule has 0 saturated carbocycles. The van der Waals surface area contributed by atoms with Crippen LogP contribution in [0, 0.1) is 5.82 Å². The van der Waals surface area contributed by atoms with E-state index in [4.69, 9.17) is 0 Å². The molecule has 2 heterocycles. The first-order chi connectivity index (χ1) is 12.6. The van der Waals surface area contributed by atoms with Crippen molar-refractivity contribution in [2.24, 2.45) is 0 Å². The minimum atomic E-state index is -0.247. The summed E-state index contributed by atoms with van der Waals surface area (Å²) >= 11 is 0. The van der Waals surface area contributed by atoms with Crippen LogP contribution in [0.2, 0.25) is 0 Å². The number of aryl methyl sites for hydroxylation is 1. The van der Waals surface area contributed by atoms with Crippen molar-refractivity contribution in [1.82, 2.24) is 19.8 Å². The number of aromatic amines is 1. The Hall–Kier alpha value is -2.70. The Balaban J connectivity index is 1.45. The Kier molecular flexibility index (Phi) is 5.99. The summed E-state index contributed by atoms with van der Waals surface area (Å²) in [5.74, 6) is 0.0761. The number of nitrogens with one attached hydrogen (secondary N) is 1. The number of amides is 2. The van der Waals surface area contributed by atoms with Crippen LogP contribution < -0.4 is 0 Å². The molecular formula is C19H23FN4O2. The lowest BCUT2D eigenvalue weighted by Gasteiger charge is -2.21. The summed E-state index contributed by atoms with van der Waals surface area (Å²) in [5.41, 5.74) is 1.03. The third kappa shape index (κ3) is 4.68. The molecule has 3 rings (SSSR count). The number of halogens is 1. The Morgan fingerprint density at radius 2 is 1.81 bits per heavy atom. The average Bonchev–Trinajstić information content (AvgIpc) is 3.07. The van der Waals surface area contributed by atoms with Crippen LogP contribution in [0.15, 0.2) is 36.7 Å². The van der Waals surface area contributed by atoms with E-state index >= 15 is 0 Å². The third-order valence-corrected chi connectivity index (χ3v) is 4.61. The van der Waals surface area contributed by atoms with Crippen LogP contribution in [0.3, 0.4) is 0 Å². The monoisotopic (exact) mass is 358 g/mol. The van der Waals surface area contributed by atoms with Gasteiger partial charge in [-0.05, 0) is 37.0 Å². The van der Waals surface area contributed by atoms with Gasteiger partial charge in [-0.3, -0.25) is 9.59 Å². The first-order valence-electron chi connectivity index (χ1n) is 8.94. The van der Waals surface area contributed by atoms with Crippen molar-refractivity contribution < 1.29 is 14.0 Å². The molecule has 0 atom stereocenters. The molecule has 1 aromatic heterocycles. The van der Waals surface area contributed by atoms with E-state index < -0.39 is 0 Å². The van der Waals surface area contributed by atoms with Crippen molar-refractivity contribution in [3.8, 4) is 0 Å². The van der Waals surface area contributed by atoms with Gasteiger partial charge in [-0.15, -0.1) is 0 Å². The number of carbonyl (C=O) groups excluding carboxylic acids is 2. The molecule has 0 radical (unpaired) electrons. The summed E-state index contributed by atoms with van der Waals surface area (Å²) < 4.78 is 12.9. The maximum Gasteiger partial charge on any atom is 0.289 e. The van der Waals surface area contributed by atoms with Crippen LogP contribution in [0.5, 0.6) is 0 Å². The Labute approximate surface area is 152 Å². The van der Waals surface area contributed by atoms with Crippen molar-refractivity contribution in [3.63, 3.8) is 0 Å². The normalized spacial score (nSPS) is 15.0. The van der Waals surface area contributed by atoms with Crippen molar-refractivity contribution in [2.45, 2.75) is 25.7 Å². The molecule has 7 heteroatoms. The van der Waals surface area contributed by atoms with E-state index in [-0.39, 0.29) is 17.6 Å². The first-order valence-corrected chi connectivity index (χ1v) is 8.94. The SMILES string of the molecule is O=C(CCCc1ccc(F)cc1)N1CCCN(C(=O)c2ncc[nH]2)CC1. The van der Waals surface area contributed by atoms with Crippen molar-refractivity contribution in [1.29, 1.82) is 0 Å². The number of rotatable bonds is 5. The molecule has 1 fully saturated rings. The molecule has 1 aliphatic heterocycles. The number of hydrogen-bond donors (Lipinski definition) is 1. The molecule has 1 aromatic carbocycles. The highest BCUT2D eigenvalue weighted by Crippen LogP contribution is 2.11. The van der Waals surface area contributed by atoms with Gasteiger partial charge in [0.05, 0.1) is 0 Å². The topological polar surface area (TPSA) is 69.3 Å². The molecule has 2 amide bonds. The molecule has 1 saturated heterocycles. The Morgan fingerprint density at radius 3 is 2.54 bits per heavy atom. The fourth-order valence-electron chi connectivity index (χ4n) is 3.15. The minimum absolute atomic E-state index is 0.111. The summed E-state index contributed by atoms with van der Waals surface area (Å²) in [4.78, 5) is 35.2. The van der Waals surface area contributed by atoms with Gasteiger partial charge in [0.2, 0.25) is 5.91 Å². The molecule has 0 unspecified atom stereocenters. The van der Waals surface area contributed by atoms with Crippen molar-refractivity contribution >= 4 is 11.8 Å². The average molecular weight is 358 g/mol. The van der Waals surface area contributed by atoms with E-state index in [1.165, 1.54) is 12.1 Å². The summed E-state index contributed by atoms with van der Waals surface area (Å²) in [7, 11) is 0. The third-order valence-electron chi connectivity index (χ3n) is 4.61. The molecule has 0 aliphatic carbocycles. The van der Waals surface area contributed by atoms with Gasteiger partial charge in [0.1, 0.15) is 5.82 Å². The zero-order valence-corrected chi connectivity index (χ0v) is 14.7. The smallest absolute Gasteiger partial charge is 0.289 e. The van der Waals surface area contributed by atoms with E-state index in [1.54, 1.807) is 29.4 Å². The van der Waals surface area contributed by atoms with Gasteiger partial charge in [0, 0.05) is 45.0 Å². The Morgan fingerprint density at radius 1 is 1.08 bits per heavy atom. The van der Waals surface area contributed by atoms with Crippen LogP contribution in [-0.2, 0) is 11.2 Å². The molecule has 2 aromatic rings. The van der Waals surface area contributed by atoms with Gasteiger partial charge in [-0.2, -0.15) is 0 Å². The zero-order valence-electron chi connectivity index (χ0n) is 14.7. The highest BCUT2D eigenvalue weighted by Gasteiger charge is 2.23. The molecule has 1 aliphatic rings. The van der Waals surface area contributed by atoms with Gasteiger partial charge in [-0.25, -0.2) is 9.37 Å². The van der Waals surface area contributed by atoms with Crippen LogP contribution in [0.4, 0.5) is 4.39 Å². The lowest BCUT2D eigenvalue weighted by Crippen LogP contribution is -2.37. The second-order valence-corrected chi connectivity index (χ2v) is 6.44. The van der Waals surface area contributed by atoms with Gasteiger partial charge in [-0.1, -0.05) is 12.1 Å². The minimum Gasteiger partial charge on any atom is -0.341 e. The number of H-pyrrole nitrogens is 1. The predicted molar refractivity (Wildman–Crippen MR) is 95.0 cm³/mol. The molecule has 138 valence electrons. The summed E-state index contributed by atoms with van der Waals surface area (Å²) in [6.45, 7) is 2.35. The van der Waals surface area contributed by atoms with E-state index in [1.807, 2.05) is 4.90 Å². The lowest BCUT2D eigenvalue weighted by atomic mass is 10.1. The van der Waals surface area contributed by atoms with Crippen LogP contribution in [0.1, 0.15) is 35.4 Å². The predicted octanol–water partition coefficient (Wildman–Crippen LogP) is 2.25. The van der Waals surface area contributed by atoms with E-state index in [9.17, 15) is 14.0 Å². The molecule has 0 bridgehead atoms. The van der Waals surface area contributed by atoms with Crippen LogP contribution in [0.25, 0.3) is 0 Å². The van der Waals surface area contributed by atoms with E-state index in [0.29, 0.717) is 38.4 Å². The molecule has 0 spiro atoms. The van der Waals surface area contributed by atoms with Crippen molar-refractivity contribution in [3.05, 3.63) is 53.9 Å². The Bertz CT molecular complexity index is 731. The zero-order chi connectivity index (χ0) is 18.4. The number of carbonyl (C=O) groups is 2. The second kappa shape index (κ2) is 8.60. The van der Waals surface area contributed by atoms with Crippen LogP contribution >= 0.6 is 0 Å². The fraction of sp³-hybridized carbons (Fsp3) is 0.421. The summed E-state index contributed by atoms with van der Waals surface area (Å²) in [6.07, 6.45) is 5.89. The standard InChI is InChI=1S/C19H23FN4O2/c20-16-7-5-15(6-8-16)3-1-4-17(25)23-11-2-12-24(14-13-23)19(26)18-21-9-10-22-18/h5-10H,1-4,11-14H2,(H,21,22). The quantitative estimate of drug-likeness (QED) is 0.891. The molecule has 6 nitrogen and oxygen atoms in total. The number of aromatic nitrogens is 2. The number of hydrogen-bond acceptors (Lipinski definition) is 3. The van der Waals surface area contributed by atoms with Crippen molar-refractivity contribution in [2.75, 3.05) is 26.2 Å². The molecule has 26 heavy (non-hydrogen) atoms. The maximum atomic E-state index is 12.9. The molecule has 1 N–H and O–H groups in total. The largest absolute Gasteiger partial charge is 0.341 e. The molecular weight excluding hydrogens is 335 g/mol. The number of nitrogens with zero attached hydrogens (tertiary/aromatic N) is 3. The summed E-state index contributed by atoms with van der Waals surface area (Å²) in [6, 6.07) is 6.39. The second-order valence-electron chi connectivity index (χ2n) is 6.44. The van der Waals surface area contributed by atoms with E-state index in [0.717, 1.165) is 24.8 Å². The van der Waals surface area contributed by atoms with Gasteiger partial charge in [0.15, 0.2) is 5.82 Å². The fourth-order valence-corrected chi connectivity index (χ4v) is 3.15. The number of benzene rings is 1. The highest BCUT2D eigenvalue weighted by molar-refractivity contribution is 5.90. The van der Waals surface area contributed by atoms with Gasteiger partial charge in [0.25, 0.3) is 5.91 Å².